The highest BCUT2D eigenvalue weighted by molar-refractivity contribution is 6.42. The zero-order valence-corrected chi connectivity index (χ0v) is 15.6. The number of anilines is 1. The fourth-order valence-electron chi connectivity index (χ4n) is 3.18. The van der Waals surface area contributed by atoms with Crippen LogP contribution in [0.5, 0.6) is 0 Å². The van der Waals surface area contributed by atoms with Gasteiger partial charge in [-0.1, -0.05) is 35.9 Å². The molecular formula is C21H23N3O3. The number of likely N-dealkylation sites (tertiary alicyclic amines) is 1. The molecule has 1 aromatic heterocycles. The summed E-state index contributed by atoms with van der Waals surface area (Å²) in [5.74, 6) is -1.07. The normalized spacial score (nSPS) is 16.7. The van der Waals surface area contributed by atoms with Gasteiger partial charge in [0.2, 0.25) is 11.7 Å². The highest BCUT2D eigenvalue weighted by atomic mass is 16.2. The smallest absolute Gasteiger partial charge is 0.294 e. The fourth-order valence-corrected chi connectivity index (χ4v) is 3.18. The van der Waals surface area contributed by atoms with E-state index in [2.05, 4.69) is 10.3 Å². The number of aromatic nitrogens is 1. The second-order valence-electron chi connectivity index (χ2n) is 6.94. The number of hydrogen-bond donors (Lipinski definition) is 1. The second kappa shape index (κ2) is 8.12. The molecular weight excluding hydrogens is 342 g/mol. The highest BCUT2D eigenvalue weighted by Crippen LogP contribution is 2.20. The Morgan fingerprint density at radius 2 is 1.85 bits per heavy atom. The van der Waals surface area contributed by atoms with Gasteiger partial charge in [0, 0.05) is 24.8 Å². The molecule has 0 aliphatic carbocycles. The minimum absolute atomic E-state index is 0.169. The average molecular weight is 365 g/mol. The number of Topliss-reactive ketones (excluding diaryl/α,β-unsaturated/α-hetero) is 1. The molecule has 27 heavy (non-hydrogen) atoms. The molecule has 2 aromatic rings. The van der Waals surface area contributed by atoms with Gasteiger partial charge in [-0.15, -0.1) is 0 Å². The largest absolute Gasteiger partial charge is 0.335 e. The number of benzene rings is 1. The molecule has 1 aromatic carbocycles. The first kappa shape index (κ1) is 18.8. The molecule has 1 saturated heterocycles. The maximum absolute atomic E-state index is 12.6. The molecule has 2 amide bonds. The Hall–Kier alpha value is -3.02. The molecule has 0 saturated carbocycles. The number of amides is 2. The SMILES string of the molecule is Cc1ccc(C(=O)C(=O)N2CCCC(C(=O)Nc3ncccc3C)C2)cc1. The zero-order chi connectivity index (χ0) is 19.4. The minimum Gasteiger partial charge on any atom is -0.335 e. The summed E-state index contributed by atoms with van der Waals surface area (Å²) in [6.07, 6.45) is 2.99. The quantitative estimate of drug-likeness (QED) is 0.667. The van der Waals surface area contributed by atoms with Gasteiger partial charge in [-0.2, -0.15) is 0 Å². The molecule has 3 rings (SSSR count). The number of piperidine rings is 1. The van der Waals surface area contributed by atoms with Crippen LogP contribution in [0.2, 0.25) is 0 Å². The number of carbonyl (C=O) groups is 3. The van der Waals surface area contributed by atoms with Crippen LogP contribution in [-0.4, -0.2) is 40.6 Å². The first-order valence-corrected chi connectivity index (χ1v) is 9.08. The summed E-state index contributed by atoms with van der Waals surface area (Å²) in [6.45, 7) is 4.53. The summed E-state index contributed by atoms with van der Waals surface area (Å²) in [4.78, 5) is 43.3. The van der Waals surface area contributed by atoms with Crippen molar-refractivity contribution in [3.8, 4) is 0 Å². The zero-order valence-electron chi connectivity index (χ0n) is 15.6. The highest BCUT2D eigenvalue weighted by Gasteiger charge is 2.31. The number of rotatable bonds is 4. The van der Waals surface area contributed by atoms with Gasteiger partial charge in [-0.3, -0.25) is 14.4 Å². The lowest BCUT2D eigenvalue weighted by molar-refractivity contribution is -0.130. The van der Waals surface area contributed by atoms with E-state index in [0.29, 0.717) is 30.8 Å². The molecule has 1 unspecified atom stereocenters. The van der Waals surface area contributed by atoms with Gasteiger partial charge in [0.25, 0.3) is 5.91 Å². The van der Waals surface area contributed by atoms with E-state index in [4.69, 9.17) is 0 Å². The standard InChI is InChI=1S/C21H23N3O3/c1-14-7-9-16(10-8-14)18(25)21(27)24-12-4-6-17(13-24)20(26)23-19-15(2)5-3-11-22-19/h3,5,7-11,17H,4,6,12-13H2,1-2H3,(H,22,23,26). The van der Waals surface area contributed by atoms with Crippen LogP contribution in [0.15, 0.2) is 42.6 Å². The molecule has 0 spiro atoms. The molecule has 6 nitrogen and oxygen atoms in total. The minimum atomic E-state index is -0.551. The topological polar surface area (TPSA) is 79.4 Å². The van der Waals surface area contributed by atoms with Crippen molar-refractivity contribution in [2.75, 3.05) is 18.4 Å². The van der Waals surface area contributed by atoms with Gasteiger partial charge in [0.1, 0.15) is 5.82 Å². The van der Waals surface area contributed by atoms with Crippen molar-refractivity contribution in [2.45, 2.75) is 26.7 Å². The van der Waals surface area contributed by atoms with Gasteiger partial charge in [0.15, 0.2) is 0 Å². The third-order valence-electron chi connectivity index (χ3n) is 4.84. The third kappa shape index (κ3) is 4.39. The molecule has 1 fully saturated rings. The fraction of sp³-hybridized carbons (Fsp3) is 0.333. The van der Waals surface area contributed by atoms with E-state index in [1.165, 1.54) is 4.90 Å². The van der Waals surface area contributed by atoms with E-state index in [9.17, 15) is 14.4 Å². The summed E-state index contributed by atoms with van der Waals surface area (Å²) < 4.78 is 0. The summed E-state index contributed by atoms with van der Waals surface area (Å²) >= 11 is 0. The van der Waals surface area contributed by atoms with Crippen molar-refractivity contribution < 1.29 is 14.4 Å². The number of pyridine rings is 1. The van der Waals surface area contributed by atoms with Crippen LogP contribution in [0.25, 0.3) is 0 Å². The molecule has 0 bridgehead atoms. The Morgan fingerprint density at radius 3 is 2.56 bits per heavy atom. The molecule has 1 aliphatic heterocycles. The van der Waals surface area contributed by atoms with Crippen LogP contribution in [0, 0.1) is 19.8 Å². The predicted octanol–water partition coefficient (Wildman–Crippen LogP) is 2.76. The maximum Gasteiger partial charge on any atom is 0.294 e. The van der Waals surface area contributed by atoms with Crippen LogP contribution in [-0.2, 0) is 9.59 Å². The number of nitrogens with one attached hydrogen (secondary N) is 1. The number of carbonyl (C=O) groups excluding carboxylic acids is 3. The van der Waals surface area contributed by atoms with Gasteiger partial charge in [0.05, 0.1) is 5.92 Å². The molecule has 2 heterocycles. The van der Waals surface area contributed by atoms with Crippen LogP contribution >= 0.6 is 0 Å². The summed E-state index contributed by atoms with van der Waals surface area (Å²) in [5, 5.41) is 2.83. The lowest BCUT2D eigenvalue weighted by atomic mass is 9.96. The van der Waals surface area contributed by atoms with E-state index < -0.39 is 11.7 Å². The van der Waals surface area contributed by atoms with Crippen LogP contribution in [0.4, 0.5) is 5.82 Å². The molecule has 0 radical (unpaired) electrons. The molecule has 1 aliphatic rings. The molecule has 1 N–H and O–H groups in total. The van der Waals surface area contributed by atoms with Crippen molar-refractivity contribution in [3.05, 3.63) is 59.3 Å². The Morgan fingerprint density at radius 1 is 1.11 bits per heavy atom. The van der Waals surface area contributed by atoms with Gasteiger partial charge in [-0.05, 0) is 38.3 Å². The Labute approximate surface area is 158 Å². The van der Waals surface area contributed by atoms with Crippen LogP contribution in [0.3, 0.4) is 0 Å². The van der Waals surface area contributed by atoms with Crippen molar-refractivity contribution in [1.29, 1.82) is 0 Å². The third-order valence-corrected chi connectivity index (χ3v) is 4.84. The molecule has 140 valence electrons. The maximum atomic E-state index is 12.6. The lowest BCUT2D eigenvalue weighted by Gasteiger charge is -2.31. The second-order valence-corrected chi connectivity index (χ2v) is 6.94. The predicted molar refractivity (Wildman–Crippen MR) is 102 cm³/mol. The Kier molecular flexibility index (Phi) is 5.64. The van der Waals surface area contributed by atoms with Crippen LogP contribution in [0.1, 0.15) is 34.3 Å². The average Bonchev–Trinajstić information content (AvgIpc) is 2.69. The van der Waals surface area contributed by atoms with Crippen LogP contribution < -0.4 is 5.32 Å². The van der Waals surface area contributed by atoms with E-state index in [0.717, 1.165) is 11.1 Å². The van der Waals surface area contributed by atoms with Crippen molar-refractivity contribution in [1.82, 2.24) is 9.88 Å². The van der Waals surface area contributed by atoms with Crippen molar-refractivity contribution in [2.24, 2.45) is 5.92 Å². The Balaban J connectivity index is 1.65. The Bertz CT molecular complexity index is 861. The van der Waals surface area contributed by atoms with E-state index in [1.807, 2.05) is 38.1 Å². The van der Waals surface area contributed by atoms with Crippen molar-refractivity contribution >= 4 is 23.4 Å². The first-order chi connectivity index (χ1) is 13.0. The number of nitrogens with zero attached hydrogens (tertiary/aromatic N) is 2. The lowest BCUT2D eigenvalue weighted by Crippen LogP contribution is -2.46. The van der Waals surface area contributed by atoms with Gasteiger partial charge < -0.3 is 10.2 Å². The number of hydrogen-bond acceptors (Lipinski definition) is 4. The summed E-state index contributed by atoms with van der Waals surface area (Å²) in [6, 6.07) is 10.6. The van der Waals surface area contributed by atoms with Gasteiger partial charge in [-0.25, -0.2) is 4.98 Å². The molecule has 1 atom stereocenters. The van der Waals surface area contributed by atoms with E-state index >= 15 is 0 Å². The van der Waals surface area contributed by atoms with E-state index in [1.54, 1.807) is 18.3 Å². The number of aryl methyl sites for hydroxylation is 2. The summed E-state index contributed by atoms with van der Waals surface area (Å²) in [7, 11) is 0. The first-order valence-electron chi connectivity index (χ1n) is 9.08. The van der Waals surface area contributed by atoms with Crippen molar-refractivity contribution in [3.63, 3.8) is 0 Å². The summed E-state index contributed by atoms with van der Waals surface area (Å²) in [5.41, 5.74) is 2.28. The molecule has 6 heteroatoms. The van der Waals surface area contributed by atoms with Gasteiger partial charge >= 0.3 is 0 Å². The monoisotopic (exact) mass is 365 g/mol. The number of ketones is 1. The van der Waals surface area contributed by atoms with E-state index in [-0.39, 0.29) is 18.4 Å².